The van der Waals surface area contributed by atoms with Gasteiger partial charge in [-0.15, -0.1) is 11.3 Å². The number of hydrogen-bond donors (Lipinski definition) is 0. The van der Waals surface area contributed by atoms with Crippen molar-refractivity contribution in [2.45, 2.75) is 37.7 Å². The average Bonchev–Trinajstić information content (AvgIpc) is 2.87. The Morgan fingerprint density at radius 1 is 1.30 bits per heavy atom. The molecule has 1 aromatic carbocycles. The van der Waals surface area contributed by atoms with Crippen LogP contribution in [0.2, 0.25) is 0 Å². The minimum Gasteiger partial charge on any atom is -0.259 e. The highest BCUT2D eigenvalue weighted by Gasteiger charge is 2.18. The largest absolute Gasteiger partial charge is 0.259 e. The fraction of sp³-hybridized carbons (Fsp3) is 0.400. The third kappa shape index (κ3) is 3.52. The van der Waals surface area contributed by atoms with Crippen molar-refractivity contribution >= 4 is 22.1 Å². The number of hydrogen-bond acceptors (Lipinski definition) is 3. The van der Waals surface area contributed by atoms with Crippen LogP contribution in [0.15, 0.2) is 29.6 Å². The molecule has 108 valence electrons. The zero-order valence-electron chi connectivity index (χ0n) is 11.8. The minimum atomic E-state index is -1.17. The van der Waals surface area contributed by atoms with E-state index in [0.29, 0.717) is 17.2 Å². The van der Waals surface area contributed by atoms with Gasteiger partial charge < -0.3 is 0 Å². The third-order valence-electron chi connectivity index (χ3n) is 3.09. The van der Waals surface area contributed by atoms with E-state index in [-0.39, 0.29) is 11.1 Å². The van der Waals surface area contributed by atoms with Gasteiger partial charge >= 0.3 is 0 Å². The highest BCUT2D eigenvalue weighted by molar-refractivity contribution is 7.84. The molecule has 0 saturated carbocycles. The molecule has 20 heavy (non-hydrogen) atoms. The van der Waals surface area contributed by atoms with Crippen LogP contribution in [0, 0.1) is 5.82 Å². The first kappa shape index (κ1) is 15.3. The van der Waals surface area contributed by atoms with Crippen molar-refractivity contribution in [1.29, 1.82) is 0 Å². The first-order valence-corrected chi connectivity index (χ1v) is 8.81. The number of nitrogens with zero attached hydrogens (tertiary/aromatic N) is 1. The van der Waals surface area contributed by atoms with Crippen LogP contribution in [-0.4, -0.2) is 9.19 Å². The van der Waals surface area contributed by atoms with Crippen molar-refractivity contribution in [3.63, 3.8) is 0 Å². The van der Waals surface area contributed by atoms with Crippen molar-refractivity contribution in [2.75, 3.05) is 0 Å². The van der Waals surface area contributed by atoms with E-state index in [1.807, 2.05) is 5.38 Å². The first-order valence-electron chi connectivity index (χ1n) is 6.55. The molecular formula is C15H18FNOS2. The molecule has 2 aromatic rings. The Kier molecular flexibility index (Phi) is 5.05. The van der Waals surface area contributed by atoms with E-state index in [4.69, 9.17) is 0 Å². The fourth-order valence-electron chi connectivity index (χ4n) is 1.87. The molecule has 2 atom stereocenters. The van der Waals surface area contributed by atoms with E-state index >= 15 is 0 Å². The van der Waals surface area contributed by atoms with Gasteiger partial charge in [-0.3, -0.25) is 4.21 Å². The van der Waals surface area contributed by atoms with Gasteiger partial charge in [0.25, 0.3) is 0 Å². The number of aromatic nitrogens is 1. The van der Waals surface area contributed by atoms with Crippen LogP contribution < -0.4 is 0 Å². The van der Waals surface area contributed by atoms with Crippen LogP contribution in [0.5, 0.6) is 0 Å². The van der Waals surface area contributed by atoms with Gasteiger partial charge in [-0.2, -0.15) is 0 Å². The normalized spacial score (nSPS) is 14.4. The van der Waals surface area contributed by atoms with Crippen LogP contribution in [0.1, 0.15) is 48.2 Å². The predicted octanol–water partition coefficient (Wildman–Crippen LogP) is 4.42. The molecule has 0 saturated heterocycles. The summed E-state index contributed by atoms with van der Waals surface area (Å²) in [5.74, 6) is 0.458. The summed E-state index contributed by atoms with van der Waals surface area (Å²) in [6, 6.07) is 6.51. The molecule has 0 N–H and O–H groups in total. The lowest BCUT2D eigenvalue weighted by Gasteiger charge is -2.11. The summed E-state index contributed by atoms with van der Waals surface area (Å²) >= 11 is 1.59. The number of benzene rings is 1. The highest BCUT2D eigenvalue weighted by Crippen LogP contribution is 2.26. The molecule has 5 heteroatoms. The molecule has 0 amide bonds. The highest BCUT2D eigenvalue weighted by atomic mass is 32.2. The first-order chi connectivity index (χ1) is 9.49. The lowest BCUT2D eigenvalue weighted by Crippen LogP contribution is -2.07. The molecule has 0 bridgehead atoms. The average molecular weight is 311 g/mol. The second-order valence-electron chi connectivity index (χ2n) is 5.02. The summed E-state index contributed by atoms with van der Waals surface area (Å²) in [6.45, 7) is 5.97. The Morgan fingerprint density at radius 3 is 2.60 bits per heavy atom. The minimum absolute atomic E-state index is 0.297. The van der Waals surface area contributed by atoms with Gasteiger partial charge in [-0.1, -0.05) is 32.0 Å². The van der Waals surface area contributed by atoms with Crippen LogP contribution >= 0.6 is 11.3 Å². The molecule has 0 spiro atoms. The van der Waals surface area contributed by atoms with E-state index in [2.05, 4.69) is 18.8 Å². The lowest BCUT2D eigenvalue weighted by molar-refractivity contribution is 0.606. The van der Waals surface area contributed by atoms with Crippen LogP contribution in [0.3, 0.4) is 0 Å². The fourth-order valence-corrected chi connectivity index (χ4v) is 3.98. The molecule has 1 heterocycles. The molecule has 0 fully saturated rings. The summed E-state index contributed by atoms with van der Waals surface area (Å²) in [5.41, 5.74) is 1.34. The summed E-state index contributed by atoms with van der Waals surface area (Å²) < 4.78 is 26.1. The van der Waals surface area contributed by atoms with Crippen molar-refractivity contribution in [1.82, 2.24) is 4.98 Å². The molecule has 2 rings (SSSR count). The second kappa shape index (κ2) is 6.59. The van der Waals surface area contributed by atoms with Crippen LogP contribution in [0.4, 0.5) is 4.39 Å². The van der Waals surface area contributed by atoms with Crippen molar-refractivity contribution in [3.05, 3.63) is 51.7 Å². The number of halogens is 1. The Hall–Kier alpha value is -1.07. The molecule has 0 aliphatic heterocycles. The van der Waals surface area contributed by atoms with Crippen LogP contribution in [0.25, 0.3) is 0 Å². The maximum Gasteiger partial charge on any atom is 0.127 e. The summed E-state index contributed by atoms with van der Waals surface area (Å²) in [6.07, 6.45) is 0. The summed E-state index contributed by atoms with van der Waals surface area (Å²) in [7, 11) is -1.17. The van der Waals surface area contributed by atoms with Gasteiger partial charge in [-0.25, -0.2) is 9.37 Å². The Bertz CT molecular complexity index is 609. The SMILES string of the molecule is CC(C)c1nc(C[S@@](=O)[C@@H](C)c2ccccc2F)cs1. The molecule has 0 unspecified atom stereocenters. The van der Waals surface area contributed by atoms with Crippen molar-refractivity contribution in [3.8, 4) is 0 Å². The van der Waals surface area contributed by atoms with E-state index in [1.165, 1.54) is 6.07 Å². The lowest BCUT2D eigenvalue weighted by atomic mass is 10.1. The predicted molar refractivity (Wildman–Crippen MR) is 82.9 cm³/mol. The van der Waals surface area contributed by atoms with E-state index in [9.17, 15) is 8.60 Å². The van der Waals surface area contributed by atoms with Crippen molar-refractivity contribution in [2.24, 2.45) is 0 Å². The van der Waals surface area contributed by atoms with Gasteiger partial charge in [0.15, 0.2) is 0 Å². The number of thiazole rings is 1. The summed E-state index contributed by atoms with van der Waals surface area (Å²) in [5, 5.41) is 2.66. The third-order valence-corrected chi connectivity index (χ3v) is 5.91. The molecule has 2 nitrogen and oxygen atoms in total. The molecule has 1 aromatic heterocycles. The quantitative estimate of drug-likeness (QED) is 0.818. The molecule has 0 aliphatic carbocycles. The van der Waals surface area contributed by atoms with Gasteiger partial charge in [-0.05, 0) is 13.0 Å². The Labute approximate surface area is 125 Å². The second-order valence-corrected chi connectivity index (χ2v) is 7.67. The summed E-state index contributed by atoms with van der Waals surface area (Å²) in [4.78, 5) is 4.48. The van der Waals surface area contributed by atoms with E-state index in [0.717, 1.165) is 10.7 Å². The maximum atomic E-state index is 13.7. The van der Waals surface area contributed by atoms with Gasteiger partial charge in [0.2, 0.25) is 0 Å². The Balaban J connectivity index is 2.09. The van der Waals surface area contributed by atoms with Crippen LogP contribution in [-0.2, 0) is 16.6 Å². The number of rotatable bonds is 5. The van der Waals surface area contributed by atoms with E-state index < -0.39 is 10.8 Å². The molecular weight excluding hydrogens is 293 g/mol. The topological polar surface area (TPSA) is 30.0 Å². The molecule has 0 radical (unpaired) electrons. The zero-order valence-corrected chi connectivity index (χ0v) is 13.4. The van der Waals surface area contributed by atoms with Gasteiger partial charge in [0.05, 0.1) is 21.7 Å². The smallest absolute Gasteiger partial charge is 0.127 e. The van der Waals surface area contributed by atoms with E-state index in [1.54, 1.807) is 36.5 Å². The standard InChI is InChI=1S/C15H18FNOS2/c1-10(2)15-17-12(8-19-15)9-20(18)11(3)13-6-4-5-7-14(13)16/h4-8,10-11H,9H2,1-3H3/t11-,20+/m0/s1. The van der Waals surface area contributed by atoms with Gasteiger partial charge in [0.1, 0.15) is 5.82 Å². The van der Waals surface area contributed by atoms with Gasteiger partial charge in [0, 0.05) is 27.7 Å². The molecule has 0 aliphatic rings. The Morgan fingerprint density at radius 2 is 2.00 bits per heavy atom. The maximum absolute atomic E-state index is 13.7. The zero-order chi connectivity index (χ0) is 14.7. The monoisotopic (exact) mass is 311 g/mol. The van der Waals surface area contributed by atoms with Crippen molar-refractivity contribution < 1.29 is 8.60 Å².